The Labute approximate surface area is 95.6 Å². The Morgan fingerprint density at radius 1 is 1.50 bits per heavy atom. The Morgan fingerprint density at radius 2 is 2.25 bits per heavy atom. The number of thiazole rings is 1. The summed E-state index contributed by atoms with van der Waals surface area (Å²) in [6.45, 7) is 1.42. The van der Waals surface area contributed by atoms with Gasteiger partial charge in [0.1, 0.15) is 6.61 Å². The average Bonchev–Trinajstić information content (AvgIpc) is 2.56. The van der Waals surface area contributed by atoms with Crippen molar-refractivity contribution in [1.29, 1.82) is 0 Å². The summed E-state index contributed by atoms with van der Waals surface area (Å²) in [5, 5.41) is 3.79. The first-order valence-corrected chi connectivity index (χ1v) is 5.60. The molecule has 0 fully saturated rings. The van der Waals surface area contributed by atoms with Crippen molar-refractivity contribution >= 4 is 16.5 Å². The minimum Gasteiger partial charge on any atom is -0.372 e. The van der Waals surface area contributed by atoms with E-state index in [0.29, 0.717) is 13.0 Å². The number of nitrogens with zero attached hydrogens (tertiary/aromatic N) is 1. The van der Waals surface area contributed by atoms with Crippen molar-refractivity contribution in [1.82, 2.24) is 4.98 Å². The zero-order valence-corrected chi connectivity index (χ0v) is 9.62. The molecule has 0 saturated heterocycles. The van der Waals surface area contributed by atoms with Gasteiger partial charge < -0.3 is 10.1 Å². The number of anilines is 1. The molecule has 0 saturated carbocycles. The molecule has 0 aliphatic carbocycles. The number of halogens is 3. The van der Waals surface area contributed by atoms with E-state index < -0.39 is 12.8 Å². The molecule has 1 heterocycles. The highest BCUT2D eigenvalue weighted by Gasteiger charge is 2.27. The van der Waals surface area contributed by atoms with Gasteiger partial charge in [-0.3, -0.25) is 0 Å². The second kappa shape index (κ2) is 6.05. The Balaban J connectivity index is 2.00. The predicted octanol–water partition coefficient (Wildman–Crippen LogP) is 2.83. The van der Waals surface area contributed by atoms with Crippen molar-refractivity contribution in [3.63, 3.8) is 0 Å². The Bertz CT molecular complexity index is 314. The zero-order chi connectivity index (χ0) is 12.0. The second-order valence-electron chi connectivity index (χ2n) is 3.22. The first kappa shape index (κ1) is 13.2. The van der Waals surface area contributed by atoms with E-state index in [9.17, 15) is 13.2 Å². The fourth-order valence-corrected chi connectivity index (χ4v) is 1.68. The molecule has 0 atom stereocenters. The van der Waals surface area contributed by atoms with Crippen molar-refractivity contribution in [3.05, 3.63) is 11.1 Å². The molecule has 16 heavy (non-hydrogen) atoms. The minimum absolute atomic E-state index is 0.0941. The Hall–Kier alpha value is -0.820. The van der Waals surface area contributed by atoms with Crippen LogP contribution < -0.4 is 5.32 Å². The van der Waals surface area contributed by atoms with Gasteiger partial charge in [-0.1, -0.05) is 0 Å². The van der Waals surface area contributed by atoms with Crippen LogP contribution in [0.4, 0.5) is 18.3 Å². The predicted molar refractivity (Wildman–Crippen MR) is 56.8 cm³/mol. The van der Waals surface area contributed by atoms with Crippen LogP contribution >= 0.6 is 11.3 Å². The largest absolute Gasteiger partial charge is 0.411 e. The van der Waals surface area contributed by atoms with Crippen LogP contribution in [-0.4, -0.2) is 30.9 Å². The molecule has 0 aliphatic rings. The number of aromatic nitrogens is 1. The molecule has 0 aromatic carbocycles. The van der Waals surface area contributed by atoms with Crippen LogP contribution in [0.3, 0.4) is 0 Å². The van der Waals surface area contributed by atoms with E-state index in [1.165, 1.54) is 11.3 Å². The molecular weight excluding hydrogens is 241 g/mol. The molecule has 0 spiro atoms. The van der Waals surface area contributed by atoms with Crippen LogP contribution in [0.2, 0.25) is 0 Å². The van der Waals surface area contributed by atoms with Crippen molar-refractivity contribution in [2.45, 2.75) is 19.5 Å². The second-order valence-corrected chi connectivity index (χ2v) is 4.46. The van der Waals surface area contributed by atoms with Gasteiger partial charge in [0.15, 0.2) is 5.13 Å². The SMILES string of the molecule is Cc1cnc(NCCCOCC(F)(F)F)s1. The molecule has 1 aromatic rings. The fourth-order valence-electron chi connectivity index (χ4n) is 0.994. The van der Waals surface area contributed by atoms with Crippen LogP contribution in [0.1, 0.15) is 11.3 Å². The highest BCUT2D eigenvalue weighted by molar-refractivity contribution is 7.15. The quantitative estimate of drug-likeness (QED) is 0.793. The number of aryl methyl sites for hydroxylation is 1. The minimum atomic E-state index is -4.24. The summed E-state index contributed by atoms with van der Waals surface area (Å²) in [6, 6.07) is 0. The number of hydrogen-bond donors (Lipinski definition) is 1. The Morgan fingerprint density at radius 3 is 2.81 bits per heavy atom. The lowest BCUT2D eigenvalue weighted by Gasteiger charge is -2.07. The van der Waals surface area contributed by atoms with Gasteiger partial charge in [0.2, 0.25) is 0 Å². The van der Waals surface area contributed by atoms with Crippen molar-refractivity contribution in [2.75, 3.05) is 25.1 Å². The van der Waals surface area contributed by atoms with E-state index in [4.69, 9.17) is 0 Å². The van der Waals surface area contributed by atoms with Gasteiger partial charge in [-0.25, -0.2) is 4.98 Å². The number of alkyl halides is 3. The normalized spacial score (nSPS) is 11.8. The van der Waals surface area contributed by atoms with Gasteiger partial charge in [-0.15, -0.1) is 11.3 Å². The van der Waals surface area contributed by atoms with E-state index in [-0.39, 0.29) is 6.61 Å². The lowest BCUT2D eigenvalue weighted by atomic mass is 10.4. The van der Waals surface area contributed by atoms with E-state index >= 15 is 0 Å². The third-order valence-electron chi connectivity index (χ3n) is 1.63. The maximum Gasteiger partial charge on any atom is 0.411 e. The molecule has 0 bridgehead atoms. The molecule has 92 valence electrons. The molecule has 0 amide bonds. The highest BCUT2D eigenvalue weighted by Crippen LogP contribution is 2.16. The summed E-state index contributed by atoms with van der Waals surface area (Å²) in [6.07, 6.45) is -1.97. The van der Waals surface area contributed by atoms with Crippen molar-refractivity contribution in [3.8, 4) is 0 Å². The summed E-state index contributed by atoms with van der Waals surface area (Å²) in [4.78, 5) is 5.15. The molecule has 1 aromatic heterocycles. The number of ether oxygens (including phenoxy) is 1. The molecule has 0 aliphatic heterocycles. The molecular formula is C9H13F3N2OS. The maximum atomic E-state index is 11.7. The van der Waals surface area contributed by atoms with Crippen LogP contribution in [-0.2, 0) is 4.74 Å². The fraction of sp³-hybridized carbons (Fsp3) is 0.667. The highest BCUT2D eigenvalue weighted by atomic mass is 32.1. The van der Waals surface area contributed by atoms with Gasteiger partial charge in [0, 0.05) is 24.2 Å². The Kier molecular flexibility index (Phi) is 5.01. The summed E-state index contributed by atoms with van der Waals surface area (Å²) >= 11 is 1.51. The van der Waals surface area contributed by atoms with Gasteiger partial charge in [-0.05, 0) is 13.3 Å². The molecule has 0 unspecified atom stereocenters. The van der Waals surface area contributed by atoms with Crippen LogP contribution in [0.5, 0.6) is 0 Å². The average molecular weight is 254 g/mol. The summed E-state index contributed by atoms with van der Waals surface area (Å²) < 4.78 is 39.5. The monoisotopic (exact) mass is 254 g/mol. The standard InChI is InChI=1S/C9H13F3N2OS/c1-7-5-14-8(16-7)13-3-2-4-15-6-9(10,11)12/h5H,2-4,6H2,1H3,(H,13,14). The van der Waals surface area contributed by atoms with Gasteiger partial charge >= 0.3 is 6.18 Å². The van der Waals surface area contributed by atoms with E-state index in [1.807, 2.05) is 6.92 Å². The van der Waals surface area contributed by atoms with Crippen molar-refractivity contribution in [2.24, 2.45) is 0 Å². The molecule has 1 rings (SSSR count). The lowest BCUT2D eigenvalue weighted by molar-refractivity contribution is -0.173. The van der Waals surface area contributed by atoms with Gasteiger partial charge in [0.05, 0.1) is 0 Å². The van der Waals surface area contributed by atoms with E-state index in [2.05, 4.69) is 15.0 Å². The number of hydrogen-bond acceptors (Lipinski definition) is 4. The van der Waals surface area contributed by atoms with Gasteiger partial charge in [-0.2, -0.15) is 13.2 Å². The van der Waals surface area contributed by atoms with E-state index in [1.54, 1.807) is 6.20 Å². The van der Waals surface area contributed by atoms with Gasteiger partial charge in [0.25, 0.3) is 0 Å². The summed E-state index contributed by atoms with van der Waals surface area (Å²) in [5.74, 6) is 0. The van der Waals surface area contributed by atoms with Crippen LogP contribution in [0.15, 0.2) is 6.20 Å². The third-order valence-corrected chi connectivity index (χ3v) is 2.50. The molecule has 1 N–H and O–H groups in total. The molecule has 7 heteroatoms. The van der Waals surface area contributed by atoms with Crippen molar-refractivity contribution < 1.29 is 17.9 Å². The first-order valence-electron chi connectivity index (χ1n) is 4.78. The van der Waals surface area contributed by atoms with Crippen LogP contribution in [0.25, 0.3) is 0 Å². The summed E-state index contributed by atoms with van der Waals surface area (Å²) in [7, 11) is 0. The van der Waals surface area contributed by atoms with E-state index in [0.717, 1.165) is 10.0 Å². The summed E-state index contributed by atoms with van der Waals surface area (Å²) in [5.41, 5.74) is 0. The molecule has 0 radical (unpaired) electrons. The smallest absolute Gasteiger partial charge is 0.372 e. The zero-order valence-electron chi connectivity index (χ0n) is 8.80. The molecule has 3 nitrogen and oxygen atoms in total. The topological polar surface area (TPSA) is 34.2 Å². The third kappa shape index (κ3) is 5.92. The number of nitrogens with one attached hydrogen (secondary N) is 1. The number of rotatable bonds is 6. The first-order chi connectivity index (χ1) is 7.47. The maximum absolute atomic E-state index is 11.7. The van der Waals surface area contributed by atoms with Crippen LogP contribution in [0, 0.1) is 6.92 Å². The lowest BCUT2D eigenvalue weighted by Crippen LogP contribution is -2.18.